The van der Waals surface area contributed by atoms with Gasteiger partial charge in [0.15, 0.2) is 0 Å². The molecule has 0 aliphatic carbocycles. The minimum absolute atomic E-state index is 0.888. The predicted octanol–water partition coefficient (Wildman–Crippen LogP) is 10.3. The van der Waals surface area contributed by atoms with Gasteiger partial charge in [-0.1, -0.05) is 84.9 Å². The van der Waals surface area contributed by atoms with Gasteiger partial charge in [-0.25, -0.2) is 4.98 Å². The average Bonchev–Trinajstić information content (AvgIpc) is 3.38. The molecule has 8 aromatic rings. The minimum atomic E-state index is 0.888. The second-order valence-electron chi connectivity index (χ2n) is 10.3. The van der Waals surface area contributed by atoms with Gasteiger partial charge in [0.05, 0.1) is 22.9 Å². The number of hydrogen-bond donors (Lipinski definition) is 0. The van der Waals surface area contributed by atoms with Crippen LogP contribution < -0.4 is 0 Å². The largest absolute Gasteiger partial charge is 0.252 e. The Morgan fingerprint density at radius 1 is 0.487 bits per heavy atom. The molecule has 0 spiro atoms. The normalized spacial score (nSPS) is 11.8. The van der Waals surface area contributed by atoms with E-state index in [9.17, 15) is 0 Å². The van der Waals surface area contributed by atoms with E-state index in [0.29, 0.717) is 0 Å². The lowest BCUT2D eigenvalue weighted by Crippen LogP contribution is -1.92. The fraction of sp³-hybridized carbons (Fsp3) is 0.0556. The maximum Gasteiger partial charge on any atom is 0.0979 e. The van der Waals surface area contributed by atoms with Crippen molar-refractivity contribution in [1.29, 1.82) is 0 Å². The Balaban J connectivity index is 1.32. The molecule has 0 amide bonds. The van der Waals surface area contributed by atoms with E-state index in [-0.39, 0.29) is 0 Å². The van der Waals surface area contributed by atoms with Crippen LogP contribution in [0.25, 0.3) is 75.1 Å². The molecule has 0 saturated carbocycles. The number of hydrogen-bond acceptors (Lipinski definition) is 3. The summed E-state index contributed by atoms with van der Waals surface area (Å²) in [5, 5.41) is 7.38. The Labute approximate surface area is 230 Å². The van der Waals surface area contributed by atoms with Crippen LogP contribution in [0.4, 0.5) is 0 Å². The minimum Gasteiger partial charge on any atom is -0.252 e. The highest BCUT2D eigenvalue weighted by Crippen LogP contribution is 2.40. The van der Waals surface area contributed by atoms with Crippen molar-refractivity contribution in [2.24, 2.45) is 0 Å². The van der Waals surface area contributed by atoms with Gasteiger partial charge in [0.2, 0.25) is 0 Å². The quantitative estimate of drug-likeness (QED) is 0.214. The number of benzene rings is 6. The van der Waals surface area contributed by atoms with Gasteiger partial charge in [0, 0.05) is 36.5 Å². The average molecular weight is 517 g/mol. The summed E-state index contributed by atoms with van der Waals surface area (Å²) in [6, 6.07) is 37.0. The Morgan fingerprint density at radius 2 is 1.13 bits per heavy atom. The second-order valence-corrected chi connectivity index (χ2v) is 11.4. The lowest BCUT2D eigenvalue weighted by atomic mass is 9.97. The number of thiophene rings is 1. The fourth-order valence-corrected chi connectivity index (χ4v) is 7.22. The molecule has 0 fully saturated rings. The standard InChI is InChI=1S/C36H24N2S/c1-21-9-7-16-30-31-19-25(17-22(2)36(31)39-35(21)30)23-10-8-11-24(18-23)32-20-37-33-28-14-5-3-12-26(28)27-13-4-6-15-29(27)34(33)38-32/h3-20H,1-2H3. The van der Waals surface area contributed by atoms with Crippen molar-refractivity contribution in [3.63, 3.8) is 0 Å². The zero-order valence-corrected chi connectivity index (χ0v) is 22.5. The lowest BCUT2D eigenvalue weighted by molar-refractivity contribution is 1.31. The van der Waals surface area contributed by atoms with Crippen LogP contribution in [0.1, 0.15) is 11.1 Å². The zero-order chi connectivity index (χ0) is 26.1. The molecule has 2 aromatic heterocycles. The summed E-state index contributed by atoms with van der Waals surface area (Å²) in [5.74, 6) is 0. The maximum atomic E-state index is 5.21. The summed E-state index contributed by atoms with van der Waals surface area (Å²) in [5.41, 5.74) is 8.93. The number of aromatic nitrogens is 2. The summed E-state index contributed by atoms with van der Waals surface area (Å²) < 4.78 is 2.76. The van der Waals surface area contributed by atoms with Crippen LogP contribution in [0, 0.1) is 13.8 Å². The van der Waals surface area contributed by atoms with Crippen LogP contribution in [0.2, 0.25) is 0 Å². The first kappa shape index (κ1) is 22.4. The van der Waals surface area contributed by atoms with Gasteiger partial charge in [0.1, 0.15) is 0 Å². The van der Waals surface area contributed by atoms with E-state index in [1.165, 1.54) is 53.2 Å². The molecule has 2 nitrogen and oxygen atoms in total. The van der Waals surface area contributed by atoms with Crippen molar-refractivity contribution in [3.05, 3.63) is 120 Å². The molecule has 0 aliphatic rings. The van der Waals surface area contributed by atoms with Gasteiger partial charge in [0.25, 0.3) is 0 Å². The molecule has 3 heteroatoms. The summed E-state index contributed by atoms with van der Waals surface area (Å²) in [6.07, 6.45) is 1.92. The van der Waals surface area contributed by atoms with E-state index in [1.807, 2.05) is 17.5 Å². The van der Waals surface area contributed by atoms with Crippen molar-refractivity contribution in [2.45, 2.75) is 13.8 Å². The molecule has 8 rings (SSSR count). The molecule has 0 aliphatic heterocycles. The Hall–Kier alpha value is -4.60. The van der Waals surface area contributed by atoms with Gasteiger partial charge in [-0.05, 0) is 65.1 Å². The van der Waals surface area contributed by atoms with Crippen molar-refractivity contribution >= 4 is 64.1 Å². The van der Waals surface area contributed by atoms with Crippen molar-refractivity contribution in [1.82, 2.24) is 9.97 Å². The Bertz CT molecular complexity index is 2220. The first-order valence-electron chi connectivity index (χ1n) is 13.3. The van der Waals surface area contributed by atoms with Gasteiger partial charge in [-0.3, -0.25) is 4.98 Å². The second kappa shape index (κ2) is 8.45. The fourth-order valence-electron chi connectivity index (χ4n) is 6.00. The van der Waals surface area contributed by atoms with E-state index >= 15 is 0 Å². The smallest absolute Gasteiger partial charge is 0.0979 e. The summed E-state index contributed by atoms with van der Waals surface area (Å²) in [6.45, 7) is 4.43. The highest BCUT2D eigenvalue weighted by atomic mass is 32.1. The first-order valence-corrected chi connectivity index (χ1v) is 14.1. The van der Waals surface area contributed by atoms with Gasteiger partial charge in [-0.2, -0.15) is 0 Å². The molecule has 0 atom stereocenters. The highest BCUT2D eigenvalue weighted by molar-refractivity contribution is 7.26. The molecule has 0 unspecified atom stereocenters. The number of nitrogens with zero attached hydrogens (tertiary/aromatic N) is 2. The topological polar surface area (TPSA) is 25.8 Å². The summed E-state index contributed by atoms with van der Waals surface area (Å²) >= 11 is 1.90. The van der Waals surface area contributed by atoms with E-state index in [2.05, 4.69) is 117 Å². The van der Waals surface area contributed by atoms with Crippen LogP contribution in [0.3, 0.4) is 0 Å². The van der Waals surface area contributed by atoms with Crippen molar-refractivity contribution in [2.75, 3.05) is 0 Å². The maximum absolute atomic E-state index is 5.21. The number of aryl methyl sites for hydroxylation is 2. The summed E-state index contributed by atoms with van der Waals surface area (Å²) in [4.78, 5) is 10.2. The molecule has 2 heterocycles. The Kier molecular flexibility index (Phi) is 4.85. The first-order chi connectivity index (χ1) is 19.2. The van der Waals surface area contributed by atoms with Crippen molar-refractivity contribution in [3.8, 4) is 22.4 Å². The highest BCUT2D eigenvalue weighted by Gasteiger charge is 2.14. The molecule has 0 radical (unpaired) electrons. The van der Waals surface area contributed by atoms with E-state index in [0.717, 1.165) is 33.1 Å². The molecule has 0 N–H and O–H groups in total. The van der Waals surface area contributed by atoms with Crippen molar-refractivity contribution < 1.29 is 0 Å². The number of rotatable bonds is 2. The third kappa shape index (κ3) is 3.40. The molecule has 6 aromatic carbocycles. The van der Waals surface area contributed by atoms with Crippen LogP contribution in [-0.4, -0.2) is 9.97 Å². The SMILES string of the molecule is Cc1cccc2c1sc1c(C)cc(-c3cccc(-c4cnc5c6ccccc6c6ccccc6c5n4)c3)cc12. The van der Waals surface area contributed by atoms with Crippen LogP contribution in [0.15, 0.2) is 109 Å². The molecule has 0 saturated heterocycles. The Morgan fingerprint density at radius 3 is 1.92 bits per heavy atom. The van der Waals surface area contributed by atoms with E-state index in [1.54, 1.807) is 0 Å². The van der Waals surface area contributed by atoms with Gasteiger partial charge < -0.3 is 0 Å². The lowest BCUT2D eigenvalue weighted by Gasteiger charge is -2.11. The van der Waals surface area contributed by atoms with Crippen LogP contribution >= 0.6 is 11.3 Å². The molecule has 184 valence electrons. The third-order valence-electron chi connectivity index (χ3n) is 7.90. The zero-order valence-electron chi connectivity index (χ0n) is 21.7. The van der Waals surface area contributed by atoms with E-state index in [4.69, 9.17) is 9.97 Å². The van der Waals surface area contributed by atoms with Crippen LogP contribution in [0.5, 0.6) is 0 Å². The molecule has 39 heavy (non-hydrogen) atoms. The third-order valence-corrected chi connectivity index (χ3v) is 9.39. The predicted molar refractivity (Wildman–Crippen MR) is 168 cm³/mol. The van der Waals surface area contributed by atoms with Crippen LogP contribution in [-0.2, 0) is 0 Å². The monoisotopic (exact) mass is 516 g/mol. The van der Waals surface area contributed by atoms with Gasteiger partial charge in [-0.15, -0.1) is 11.3 Å². The number of fused-ring (bicyclic) bond motifs is 9. The molecular formula is C36H24N2S. The van der Waals surface area contributed by atoms with Gasteiger partial charge >= 0.3 is 0 Å². The molecule has 0 bridgehead atoms. The van der Waals surface area contributed by atoms with E-state index < -0.39 is 0 Å². The summed E-state index contributed by atoms with van der Waals surface area (Å²) in [7, 11) is 0. The molecular weight excluding hydrogens is 492 g/mol.